The van der Waals surface area contributed by atoms with Crippen molar-refractivity contribution in [2.75, 3.05) is 5.01 Å². The first-order valence-electron chi connectivity index (χ1n) is 5.03. The van der Waals surface area contributed by atoms with Crippen LogP contribution in [-0.2, 0) is 16.1 Å². The highest BCUT2D eigenvalue weighted by Crippen LogP contribution is 2.27. The molecule has 0 amide bonds. The number of hydrogen-bond acceptors (Lipinski definition) is 6. The van der Waals surface area contributed by atoms with Crippen molar-refractivity contribution in [2.45, 2.75) is 6.42 Å². The van der Waals surface area contributed by atoms with Gasteiger partial charge in [0.15, 0.2) is 5.65 Å². The van der Waals surface area contributed by atoms with Crippen LogP contribution in [0.15, 0.2) is 24.7 Å². The Balaban J connectivity index is 2.18. The molecule has 0 saturated carbocycles. The van der Waals surface area contributed by atoms with Crippen molar-refractivity contribution in [2.24, 2.45) is 0 Å². The van der Waals surface area contributed by atoms with E-state index < -0.39 is 0 Å². The molecule has 3 rings (SSSR count). The molecule has 0 radical (unpaired) electrons. The van der Waals surface area contributed by atoms with E-state index in [-0.39, 0.29) is 6.42 Å². The quantitative estimate of drug-likeness (QED) is 0.745. The zero-order valence-electron chi connectivity index (χ0n) is 8.75. The molecule has 0 spiro atoms. The molecular weight excluding hydrogens is 222 g/mol. The van der Waals surface area contributed by atoms with Crippen molar-refractivity contribution < 1.29 is 9.63 Å². The van der Waals surface area contributed by atoms with Crippen molar-refractivity contribution in [1.29, 1.82) is 0 Å². The van der Waals surface area contributed by atoms with Gasteiger partial charge in [0.05, 0.1) is 23.0 Å². The molecule has 0 aromatic carbocycles. The van der Waals surface area contributed by atoms with Crippen LogP contribution < -0.4 is 10.6 Å². The molecule has 7 nitrogen and oxygen atoms in total. The smallest absolute Gasteiger partial charge is 0.183 e. The fourth-order valence-corrected chi connectivity index (χ4v) is 1.76. The topological polar surface area (TPSA) is 83.1 Å². The van der Waals surface area contributed by atoms with E-state index >= 15 is 0 Å². The molecule has 17 heavy (non-hydrogen) atoms. The van der Waals surface area contributed by atoms with Gasteiger partial charge < -0.3 is 9.63 Å². The summed E-state index contributed by atoms with van der Waals surface area (Å²) < 4.78 is 0. The van der Waals surface area contributed by atoms with E-state index in [0.29, 0.717) is 5.65 Å². The number of nitrogens with zero attached hydrogens (tertiary/aromatic N) is 3. The van der Waals surface area contributed by atoms with Gasteiger partial charge in [-0.2, -0.15) is 5.10 Å². The third-order valence-electron chi connectivity index (χ3n) is 2.48. The molecule has 0 saturated heterocycles. The van der Waals surface area contributed by atoms with Crippen LogP contribution in [0.25, 0.3) is 11.0 Å². The Morgan fingerprint density at radius 1 is 1.53 bits per heavy atom. The molecule has 0 atom stereocenters. The van der Waals surface area contributed by atoms with E-state index in [0.717, 1.165) is 23.1 Å². The number of aromatic amines is 1. The maximum atomic E-state index is 10.6. The largest absolute Gasteiger partial charge is 0.395 e. The lowest BCUT2D eigenvalue weighted by Crippen LogP contribution is -2.27. The number of nitrogens with one attached hydrogen (secondary N) is 2. The van der Waals surface area contributed by atoms with Gasteiger partial charge in [0.1, 0.15) is 12.5 Å². The number of hydrogen-bond donors (Lipinski definition) is 2. The first kappa shape index (κ1) is 9.79. The molecule has 3 heterocycles. The summed E-state index contributed by atoms with van der Waals surface area (Å²) in [7, 11) is 0. The number of pyridine rings is 1. The molecule has 2 aromatic rings. The lowest BCUT2D eigenvalue weighted by atomic mass is 10.2. The van der Waals surface area contributed by atoms with Gasteiger partial charge in [0.25, 0.3) is 0 Å². The van der Waals surface area contributed by atoms with Crippen LogP contribution in [-0.4, -0.2) is 21.5 Å². The predicted molar refractivity (Wildman–Crippen MR) is 59.5 cm³/mol. The summed E-state index contributed by atoms with van der Waals surface area (Å²) in [5.41, 5.74) is 4.82. The molecular formula is C10H9N5O2. The van der Waals surface area contributed by atoms with E-state index in [9.17, 15) is 4.79 Å². The highest BCUT2D eigenvalue weighted by molar-refractivity contribution is 5.93. The molecule has 0 fully saturated rings. The molecule has 0 unspecified atom stereocenters. The zero-order chi connectivity index (χ0) is 11.7. The third kappa shape index (κ3) is 1.53. The van der Waals surface area contributed by atoms with Crippen molar-refractivity contribution in [1.82, 2.24) is 20.8 Å². The van der Waals surface area contributed by atoms with E-state index in [1.54, 1.807) is 17.4 Å². The Bertz CT molecular complexity index is 591. The molecule has 0 bridgehead atoms. The van der Waals surface area contributed by atoms with E-state index in [4.69, 9.17) is 4.84 Å². The Morgan fingerprint density at radius 2 is 2.47 bits per heavy atom. The SMILES string of the molecule is O=CCc1[nH]nc2nccc(N3C=CON3)c12. The van der Waals surface area contributed by atoms with Gasteiger partial charge in [-0.05, 0) is 6.07 Å². The summed E-state index contributed by atoms with van der Waals surface area (Å²) >= 11 is 0. The molecule has 86 valence electrons. The Labute approximate surface area is 96.0 Å². The van der Waals surface area contributed by atoms with Crippen LogP contribution in [0.5, 0.6) is 0 Å². The number of fused-ring (bicyclic) bond motifs is 1. The average molecular weight is 231 g/mol. The van der Waals surface area contributed by atoms with Gasteiger partial charge in [-0.1, -0.05) is 5.59 Å². The van der Waals surface area contributed by atoms with Crippen molar-refractivity contribution >= 4 is 23.0 Å². The Kier molecular flexibility index (Phi) is 2.23. The normalized spacial score (nSPS) is 14.2. The van der Waals surface area contributed by atoms with Crippen molar-refractivity contribution in [3.05, 3.63) is 30.4 Å². The van der Waals surface area contributed by atoms with Gasteiger partial charge >= 0.3 is 0 Å². The van der Waals surface area contributed by atoms with Gasteiger partial charge in [-0.3, -0.25) is 5.10 Å². The van der Waals surface area contributed by atoms with Gasteiger partial charge in [-0.25, -0.2) is 9.99 Å². The average Bonchev–Trinajstić information content (AvgIpc) is 2.98. The first-order valence-corrected chi connectivity index (χ1v) is 5.03. The van der Waals surface area contributed by atoms with Crippen LogP contribution >= 0.6 is 0 Å². The number of aldehydes is 1. The molecule has 2 aromatic heterocycles. The second kappa shape index (κ2) is 3.87. The number of carbonyl (C=O) groups excluding carboxylic acids is 1. The van der Waals surface area contributed by atoms with Gasteiger partial charge in [-0.15, -0.1) is 0 Å². The summed E-state index contributed by atoms with van der Waals surface area (Å²) in [5.74, 6) is 0. The standard InChI is InChI=1S/C10H9N5O2/c16-5-2-7-9-8(15-4-6-17-14-15)1-3-11-10(9)13-12-7/h1,3-6,14H,2H2,(H,11,12,13). The molecule has 1 aliphatic heterocycles. The molecule has 1 aliphatic rings. The van der Waals surface area contributed by atoms with Gasteiger partial charge in [0, 0.05) is 12.6 Å². The minimum atomic E-state index is 0.271. The number of aromatic nitrogens is 3. The lowest BCUT2D eigenvalue weighted by molar-refractivity contribution is -0.107. The molecule has 2 N–H and O–H groups in total. The van der Waals surface area contributed by atoms with Crippen LogP contribution in [0.4, 0.5) is 5.69 Å². The third-order valence-corrected chi connectivity index (χ3v) is 2.48. The van der Waals surface area contributed by atoms with E-state index in [1.165, 1.54) is 6.26 Å². The Hall–Kier alpha value is -2.41. The maximum absolute atomic E-state index is 10.6. The molecule has 7 heteroatoms. The van der Waals surface area contributed by atoms with E-state index in [1.807, 2.05) is 6.07 Å². The highest BCUT2D eigenvalue weighted by Gasteiger charge is 2.16. The predicted octanol–water partition coefficient (Wildman–Crippen LogP) is 0.427. The molecule has 0 aliphatic carbocycles. The van der Waals surface area contributed by atoms with Crippen molar-refractivity contribution in [3.8, 4) is 0 Å². The summed E-state index contributed by atoms with van der Waals surface area (Å²) in [4.78, 5) is 19.7. The minimum absolute atomic E-state index is 0.271. The number of carbonyl (C=O) groups is 1. The van der Waals surface area contributed by atoms with E-state index in [2.05, 4.69) is 20.8 Å². The van der Waals surface area contributed by atoms with Gasteiger partial charge in [0.2, 0.25) is 0 Å². The van der Waals surface area contributed by atoms with Crippen LogP contribution in [0.3, 0.4) is 0 Å². The summed E-state index contributed by atoms with van der Waals surface area (Å²) in [6.07, 6.45) is 6.00. The highest BCUT2D eigenvalue weighted by atomic mass is 16.7. The number of hydrazine groups is 1. The van der Waals surface area contributed by atoms with Crippen LogP contribution in [0.2, 0.25) is 0 Å². The fourth-order valence-electron chi connectivity index (χ4n) is 1.76. The number of rotatable bonds is 3. The second-order valence-corrected chi connectivity index (χ2v) is 3.47. The first-order chi connectivity index (χ1) is 8.40. The van der Waals surface area contributed by atoms with Crippen molar-refractivity contribution in [3.63, 3.8) is 0 Å². The monoisotopic (exact) mass is 231 g/mol. The summed E-state index contributed by atoms with van der Waals surface area (Å²) in [6, 6.07) is 1.82. The summed E-state index contributed by atoms with van der Waals surface area (Å²) in [6.45, 7) is 0. The minimum Gasteiger partial charge on any atom is -0.395 e. The van der Waals surface area contributed by atoms with Crippen LogP contribution in [0.1, 0.15) is 5.69 Å². The Morgan fingerprint density at radius 3 is 3.24 bits per heavy atom. The fraction of sp³-hybridized carbons (Fsp3) is 0.100. The second-order valence-electron chi connectivity index (χ2n) is 3.47. The zero-order valence-corrected chi connectivity index (χ0v) is 8.75. The number of H-pyrrole nitrogens is 1. The maximum Gasteiger partial charge on any atom is 0.183 e. The lowest BCUT2D eigenvalue weighted by Gasteiger charge is -2.14. The van der Waals surface area contributed by atoms with Crippen LogP contribution in [0, 0.1) is 0 Å². The number of anilines is 1. The summed E-state index contributed by atoms with van der Waals surface area (Å²) in [5, 5.41) is 9.37.